The Hall–Kier alpha value is 0.160. The lowest BCUT2D eigenvalue weighted by Gasteiger charge is -2.65. The summed E-state index contributed by atoms with van der Waals surface area (Å²) in [5.41, 5.74) is 0.688. The van der Waals surface area contributed by atoms with Crippen molar-refractivity contribution in [3.05, 3.63) is 0 Å². The molecule has 1 heterocycles. The molecule has 0 aromatic heterocycles. The van der Waals surface area contributed by atoms with Crippen molar-refractivity contribution in [1.82, 2.24) is 0 Å². The number of esters is 1. The van der Waals surface area contributed by atoms with Crippen LogP contribution in [0.4, 0.5) is 0 Å². The molecule has 3 fully saturated rings. The summed E-state index contributed by atoms with van der Waals surface area (Å²) in [7, 11) is 0. The summed E-state index contributed by atoms with van der Waals surface area (Å²) in [6, 6.07) is 0. The Morgan fingerprint density at radius 1 is 1.07 bits per heavy atom. The first-order chi connectivity index (χ1) is 13.0. The van der Waals surface area contributed by atoms with E-state index >= 15 is 0 Å². The van der Waals surface area contributed by atoms with Gasteiger partial charge >= 0.3 is 5.97 Å². The standard InChI is InChI=1S/C24H41IO3/c1-7-27-20(26)10-9-19(25)24(6)16-12-18-22(4)14-8-13-21(2,3)17(22)11-15-23(18,5)28-24/h17-19H,7-16H2,1-6H3/t17?,18?,19-,22?,23?,24?/m1/s1. The van der Waals surface area contributed by atoms with Crippen LogP contribution in [-0.4, -0.2) is 27.7 Å². The fourth-order valence-corrected chi connectivity index (χ4v) is 8.13. The predicted molar refractivity (Wildman–Crippen MR) is 123 cm³/mol. The minimum absolute atomic E-state index is 0.0288. The number of fused-ring (bicyclic) bond motifs is 3. The summed E-state index contributed by atoms with van der Waals surface area (Å²) < 4.78 is 12.5. The van der Waals surface area contributed by atoms with Crippen LogP contribution in [0.5, 0.6) is 0 Å². The quantitative estimate of drug-likeness (QED) is 0.237. The molecular formula is C24H41IO3. The molecule has 0 aromatic rings. The van der Waals surface area contributed by atoms with Gasteiger partial charge in [0.05, 0.1) is 17.8 Å². The maximum atomic E-state index is 11.8. The van der Waals surface area contributed by atoms with Crippen molar-refractivity contribution in [2.24, 2.45) is 22.7 Å². The highest BCUT2D eigenvalue weighted by Gasteiger charge is 2.62. The van der Waals surface area contributed by atoms with Crippen LogP contribution < -0.4 is 0 Å². The van der Waals surface area contributed by atoms with Crippen molar-refractivity contribution < 1.29 is 14.3 Å². The first kappa shape index (κ1) is 22.8. The number of carbonyl (C=O) groups is 1. The molecule has 0 radical (unpaired) electrons. The maximum absolute atomic E-state index is 11.8. The second kappa shape index (κ2) is 8.01. The number of alkyl halides is 1. The van der Waals surface area contributed by atoms with E-state index in [2.05, 4.69) is 57.2 Å². The normalized spacial score (nSPS) is 43.5. The van der Waals surface area contributed by atoms with Gasteiger partial charge in [-0.3, -0.25) is 4.79 Å². The lowest BCUT2D eigenvalue weighted by atomic mass is 9.44. The van der Waals surface area contributed by atoms with Crippen molar-refractivity contribution >= 4 is 28.6 Å². The molecule has 0 amide bonds. The molecule has 28 heavy (non-hydrogen) atoms. The lowest BCUT2D eigenvalue weighted by Crippen LogP contribution is -2.64. The van der Waals surface area contributed by atoms with E-state index in [-0.39, 0.29) is 17.2 Å². The summed E-state index contributed by atoms with van der Waals surface area (Å²) >= 11 is 2.52. The largest absolute Gasteiger partial charge is 0.466 e. The number of rotatable bonds is 5. The van der Waals surface area contributed by atoms with E-state index in [0.29, 0.717) is 33.7 Å². The second-order valence-corrected chi connectivity index (χ2v) is 12.6. The number of carbonyl (C=O) groups excluding carboxylic acids is 1. The number of ether oxygens (including phenoxy) is 2. The van der Waals surface area contributed by atoms with Gasteiger partial charge in [-0.25, -0.2) is 0 Å². The van der Waals surface area contributed by atoms with E-state index in [1.165, 1.54) is 38.5 Å². The maximum Gasteiger partial charge on any atom is 0.305 e. The zero-order chi connectivity index (χ0) is 20.8. The summed E-state index contributed by atoms with van der Waals surface area (Å²) in [6.07, 6.45) is 10.3. The first-order valence-electron chi connectivity index (χ1n) is 11.5. The van der Waals surface area contributed by atoms with Crippen LogP contribution in [0.2, 0.25) is 0 Å². The van der Waals surface area contributed by atoms with E-state index in [9.17, 15) is 4.79 Å². The third-order valence-corrected chi connectivity index (χ3v) is 10.6. The Bertz CT molecular complexity index is 590. The highest BCUT2D eigenvalue weighted by Crippen LogP contribution is 2.65. The topological polar surface area (TPSA) is 35.5 Å². The van der Waals surface area contributed by atoms with Crippen LogP contribution in [0.3, 0.4) is 0 Å². The highest BCUT2D eigenvalue weighted by atomic mass is 127. The molecule has 0 N–H and O–H groups in total. The molecule has 1 aliphatic heterocycles. The minimum atomic E-state index is -0.147. The molecule has 0 bridgehead atoms. The molecule has 4 heteroatoms. The van der Waals surface area contributed by atoms with Gasteiger partial charge in [0.25, 0.3) is 0 Å². The Labute approximate surface area is 186 Å². The van der Waals surface area contributed by atoms with Gasteiger partial charge in [0.1, 0.15) is 0 Å². The van der Waals surface area contributed by atoms with Gasteiger partial charge in [0.2, 0.25) is 0 Å². The SMILES string of the molecule is CCOC(=O)CC[C@@H](I)C1(C)CCC2C(C)(CCC3C(C)(C)CCCC32C)O1. The molecule has 3 rings (SSSR count). The fraction of sp³-hybridized carbons (Fsp3) is 0.958. The van der Waals surface area contributed by atoms with Crippen molar-refractivity contribution in [2.45, 2.75) is 114 Å². The van der Waals surface area contributed by atoms with Crippen LogP contribution in [0.15, 0.2) is 0 Å². The summed E-state index contributed by atoms with van der Waals surface area (Å²) in [6.45, 7) is 14.6. The fourth-order valence-electron chi connectivity index (χ4n) is 7.38. The van der Waals surface area contributed by atoms with Crippen LogP contribution in [-0.2, 0) is 14.3 Å². The van der Waals surface area contributed by atoms with Gasteiger partial charge in [-0.2, -0.15) is 0 Å². The molecule has 6 atom stereocenters. The van der Waals surface area contributed by atoms with Gasteiger partial charge in [0, 0.05) is 10.3 Å². The average molecular weight is 504 g/mol. The summed E-state index contributed by atoms with van der Waals surface area (Å²) in [5, 5.41) is 0. The molecule has 0 spiro atoms. The van der Waals surface area contributed by atoms with Gasteiger partial charge < -0.3 is 9.47 Å². The molecule has 3 aliphatic rings. The molecule has 3 nitrogen and oxygen atoms in total. The predicted octanol–water partition coefficient (Wildman–Crippen LogP) is 6.70. The molecule has 2 aliphatic carbocycles. The monoisotopic (exact) mass is 504 g/mol. The lowest BCUT2D eigenvalue weighted by molar-refractivity contribution is -0.264. The Morgan fingerprint density at radius 3 is 2.43 bits per heavy atom. The van der Waals surface area contributed by atoms with E-state index in [1.807, 2.05) is 6.92 Å². The van der Waals surface area contributed by atoms with Crippen molar-refractivity contribution in [3.8, 4) is 0 Å². The third-order valence-electron chi connectivity index (χ3n) is 8.70. The molecule has 0 aromatic carbocycles. The molecule has 162 valence electrons. The molecule has 5 unspecified atom stereocenters. The Kier molecular flexibility index (Phi) is 6.54. The zero-order valence-corrected chi connectivity index (χ0v) is 21.1. The smallest absolute Gasteiger partial charge is 0.305 e. The van der Waals surface area contributed by atoms with Crippen LogP contribution >= 0.6 is 22.6 Å². The van der Waals surface area contributed by atoms with Crippen molar-refractivity contribution in [3.63, 3.8) is 0 Å². The van der Waals surface area contributed by atoms with Crippen LogP contribution in [0.1, 0.15) is 99.3 Å². The van der Waals surface area contributed by atoms with Gasteiger partial charge in [-0.15, -0.1) is 0 Å². The molecular weight excluding hydrogens is 463 g/mol. The first-order valence-corrected chi connectivity index (χ1v) is 12.7. The summed E-state index contributed by atoms with van der Waals surface area (Å²) in [4.78, 5) is 11.8. The van der Waals surface area contributed by atoms with Crippen LogP contribution in [0.25, 0.3) is 0 Å². The highest BCUT2D eigenvalue weighted by molar-refractivity contribution is 14.1. The van der Waals surface area contributed by atoms with E-state index in [4.69, 9.17) is 9.47 Å². The van der Waals surface area contributed by atoms with Crippen molar-refractivity contribution in [1.29, 1.82) is 0 Å². The molecule has 2 saturated carbocycles. The van der Waals surface area contributed by atoms with Gasteiger partial charge in [0.15, 0.2) is 0 Å². The van der Waals surface area contributed by atoms with Crippen molar-refractivity contribution in [2.75, 3.05) is 6.61 Å². The van der Waals surface area contributed by atoms with Crippen LogP contribution in [0, 0.1) is 22.7 Å². The summed E-state index contributed by atoms with van der Waals surface area (Å²) in [5.74, 6) is 1.39. The van der Waals surface area contributed by atoms with E-state index in [0.717, 1.165) is 18.8 Å². The van der Waals surface area contributed by atoms with E-state index in [1.54, 1.807) is 0 Å². The number of halogens is 1. The average Bonchev–Trinajstić information content (AvgIpc) is 2.58. The van der Waals surface area contributed by atoms with E-state index < -0.39 is 0 Å². The Balaban J connectivity index is 1.73. The Morgan fingerprint density at radius 2 is 1.75 bits per heavy atom. The second-order valence-electron chi connectivity index (χ2n) is 11.1. The van der Waals surface area contributed by atoms with Gasteiger partial charge in [-0.05, 0) is 88.4 Å². The number of hydrogen-bond acceptors (Lipinski definition) is 3. The van der Waals surface area contributed by atoms with Gasteiger partial charge in [-0.1, -0.05) is 49.8 Å². The third kappa shape index (κ3) is 4.02. The minimum Gasteiger partial charge on any atom is -0.466 e. The zero-order valence-electron chi connectivity index (χ0n) is 18.9. The number of hydrogen-bond donors (Lipinski definition) is 0. The molecule has 1 saturated heterocycles.